The fourth-order valence-electron chi connectivity index (χ4n) is 3.64. The average molecular weight is 349 g/mol. The quantitative estimate of drug-likeness (QED) is 0.748. The summed E-state index contributed by atoms with van der Waals surface area (Å²) in [6.07, 6.45) is -1.86. The highest BCUT2D eigenvalue weighted by atomic mass is 19.1. The van der Waals surface area contributed by atoms with Crippen LogP contribution in [0.15, 0.2) is 0 Å². The van der Waals surface area contributed by atoms with E-state index in [1.807, 2.05) is 18.7 Å². The molecule has 5 heteroatoms. The summed E-state index contributed by atoms with van der Waals surface area (Å²) in [5.74, 6) is 0. The summed E-state index contributed by atoms with van der Waals surface area (Å²) >= 11 is 0. The van der Waals surface area contributed by atoms with E-state index in [1.54, 1.807) is 0 Å². The lowest BCUT2D eigenvalue weighted by Crippen LogP contribution is -2.58. The maximum absolute atomic E-state index is 12.8. The summed E-state index contributed by atoms with van der Waals surface area (Å²) in [6, 6.07) is 0.870. The summed E-state index contributed by atoms with van der Waals surface area (Å²) < 4.78 is 31.5. The molecular weight excluding hydrogens is 310 g/mol. The van der Waals surface area contributed by atoms with Gasteiger partial charge in [0, 0.05) is 44.7 Å². The van der Waals surface area contributed by atoms with E-state index >= 15 is 0 Å². The largest absolute Gasteiger partial charge is 0.367 e. The first-order valence-electron chi connectivity index (χ1n) is 9.28. The zero-order valence-electron chi connectivity index (χ0n) is 16.9. The Morgan fingerprint density at radius 1 is 0.792 bits per heavy atom. The van der Waals surface area contributed by atoms with Crippen LogP contribution in [-0.4, -0.2) is 71.6 Å². The maximum atomic E-state index is 12.8. The molecule has 0 bridgehead atoms. The van der Waals surface area contributed by atoms with Gasteiger partial charge < -0.3 is 4.74 Å². The Morgan fingerprint density at radius 2 is 1.17 bits per heavy atom. The fourth-order valence-corrected chi connectivity index (χ4v) is 3.64. The molecule has 0 aromatic heterocycles. The van der Waals surface area contributed by atoms with E-state index in [0.717, 1.165) is 13.1 Å². The lowest BCUT2D eigenvalue weighted by atomic mass is 9.98. The van der Waals surface area contributed by atoms with E-state index in [4.69, 9.17) is 4.74 Å². The van der Waals surface area contributed by atoms with E-state index < -0.39 is 12.3 Å². The average Bonchev–Trinajstić information content (AvgIpc) is 2.34. The second kappa shape index (κ2) is 8.41. The molecule has 0 aromatic rings. The number of ether oxygens (including phenoxy) is 1. The second-order valence-corrected chi connectivity index (χ2v) is 9.10. The molecule has 0 aliphatic carbocycles. The number of morpholine rings is 1. The number of halogens is 2. The molecule has 2 atom stereocenters. The molecule has 0 aromatic carbocycles. The van der Waals surface area contributed by atoms with E-state index in [9.17, 15) is 8.78 Å². The summed E-state index contributed by atoms with van der Waals surface area (Å²) in [7, 11) is 0. The first kappa shape index (κ1) is 21.8. The SMILES string of the molecule is CC(C)N1CC(C)(C)OC(C)(C)C1.CC(C)N1CC(F)CC(F)C1. The van der Waals surface area contributed by atoms with E-state index in [1.165, 1.54) is 0 Å². The third kappa shape index (κ3) is 7.32. The van der Waals surface area contributed by atoms with Crippen molar-refractivity contribution >= 4 is 0 Å². The first-order chi connectivity index (χ1) is 10.8. The van der Waals surface area contributed by atoms with Gasteiger partial charge in [-0.1, -0.05) is 0 Å². The minimum absolute atomic E-state index is 0.00792. The van der Waals surface area contributed by atoms with Crippen molar-refractivity contribution in [1.82, 2.24) is 9.80 Å². The van der Waals surface area contributed by atoms with Crippen LogP contribution in [0.4, 0.5) is 8.78 Å². The molecule has 0 saturated carbocycles. The lowest BCUT2D eigenvalue weighted by Gasteiger charge is -2.48. The van der Waals surface area contributed by atoms with Crippen LogP contribution in [0.3, 0.4) is 0 Å². The zero-order chi connectivity index (χ0) is 18.7. The fraction of sp³-hybridized carbons (Fsp3) is 1.00. The van der Waals surface area contributed by atoms with Crippen molar-refractivity contribution in [3.8, 4) is 0 Å². The van der Waals surface area contributed by atoms with Crippen LogP contribution in [0, 0.1) is 0 Å². The van der Waals surface area contributed by atoms with Gasteiger partial charge in [-0.2, -0.15) is 0 Å². The standard InChI is InChI=1S/C11H23NO.C8H15F2N/c1-9(2)12-7-10(3,4)13-11(5,6)8-12;1-6(2)11-4-7(9)3-8(10)5-11/h9H,7-8H2,1-6H3;6-8H,3-5H2,1-2H3. The molecule has 2 saturated heterocycles. The zero-order valence-corrected chi connectivity index (χ0v) is 16.9. The van der Waals surface area contributed by atoms with Crippen LogP contribution in [0.25, 0.3) is 0 Å². The van der Waals surface area contributed by atoms with Gasteiger partial charge in [0.05, 0.1) is 11.2 Å². The maximum Gasteiger partial charge on any atom is 0.116 e. The summed E-state index contributed by atoms with van der Waals surface area (Å²) in [5.41, 5.74) is -0.0158. The Labute approximate surface area is 147 Å². The molecule has 144 valence electrons. The minimum atomic E-state index is -0.971. The van der Waals surface area contributed by atoms with Crippen LogP contribution in [0.2, 0.25) is 0 Å². The number of rotatable bonds is 2. The van der Waals surface area contributed by atoms with E-state index in [0.29, 0.717) is 19.1 Å². The van der Waals surface area contributed by atoms with Gasteiger partial charge in [-0.25, -0.2) is 8.78 Å². The van der Waals surface area contributed by atoms with E-state index in [-0.39, 0.29) is 23.7 Å². The molecule has 24 heavy (non-hydrogen) atoms. The van der Waals surface area contributed by atoms with Crippen molar-refractivity contribution < 1.29 is 13.5 Å². The van der Waals surface area contributed by atoms with Crippen molar-refractivity contribution in [2.24, 2.45) is 0 Å². The third-order valence-electron chi connectivity index (χ3n) is 4.56. The molecule has 2 aliphatic rings. The summed E-state index contributed by atoms with van der Waals surface area (Å²) in [5, 5.41) is 0. The number of hydrogen-bond donors (Lipinski definition) is 0. The molecule has 0 amide bonds. The molecule has 0 N–H and O–H groups in total. The van der Waals surface area contributed by atoms with Crippen molar-refractivity contribution in [1.29, 1.82) is 0 Å². The molecule has 2 aliphatic heterocycles. The molecule has 0 spiro atoms. The highest BCUT2D eigenvalue weighted by Crippen LogP contribution is 2.28. The summed E-state index contributed by atoms with van der Waals surface area (Å²) in [4.78, 5) is 4.34. The van der Waals surface area contributed by atoms with Crippen LogP contribution >= 0.6 is 0 Å². The van der Waals surface area contributed by atoms with Crippen LogP contribution in [0.5, 0.6) is 0 Å². The van der Waals surface area contributed by atoms with E-state index in [2.05, 4.69) is 46.4 Å². The van der Waals surface area contributed by atoms with Gasteiger partial charge in [-0.3, -0.25) is 9.80 Å². The molecular formula is C19H38F2N2O. The number of alkyl halides is 2. The third-order valence-corrected chi connectivity index (χ3v) is 4.56. The van der Waals surface area contributed by atoms with Gasteiger partial charge in [0.25, 0.3) is 0 Å². The van der Waals surface area contributed by atoms with Crippen molar-refractivity contribution in [2.75, 3.05) is 26.2 Å². The first-order valence-corrected chi connectivity index (χ1v) is 9.28. The highest BCUT2D eigenvalue weighted by Gasteiger charge is 2.38. The Kier molecular flexibility index (Phi) is 7.64. The monoisotopic (exact) mass is 348 g/mol. The predicted molar refractivity (Wildman–Crippen MR) is 97.1 cm³/mol. The minimum Gasteiger partial charge on any atom is -0.367 e. The van der Waals surface area contributed by atoms with Gasteiger partial charge in [-0.05, 0) is 55.4 Å². The van der Waals surface area contributed by atoms with Crippen molar-refractivity contribution in [3.05, 3.63) is 0 Å². The Bertz CT molecular complexity index is 360. The Morgan fingerprint density at radius 3 is 1.50 bits per heavy atom. The molecule has 2 rings (SSSR count). The Balaban J connectivity index is 0.000000243. The lowest BCUT2D eigenvalue weighted by molar-refractivity contribution is -0.185. The smallest absolute Gasteiger partial charge is 0.116 e. The normalized spacial score (nSPS) is 31.0. The molecule has 2 fully saturated rings. The van der Waals surface area contributed by atoms with Gasteiger partial charge in [0.2, 0.25) is 0 Å². The van der Waals surface area contributed by atoms with Gasteiger partial charge >= 0.3 is 0 Å². The van der Waals surface area contributed by atoms with Crippen molar-refractivity contribution in [3.63, 3.8) is 0 Å². The number of nitrogens with zero attached hydrogens (tertiary/aromatic N) is 2. The van der Waals surface area contributed by atoms with Gasteiger partial charge in [0.15, 0.2) is 0 Å². The Hall–Kier alpha value is -0.260. The van der Waals surface area contributed by atoms with Gasteiger partial charge in [0.1, 0.15) is 12.3 Å². The molecule has 0 radical (unpaired) electrons. The number of piperidine rings is 1. The molecule has 3 nitrogen and oxygen atoms in total. The second-order valence-electron chi connectivity index (χ2n) is 9.10. The van der Waals surface area contributed by atoms with Crippen molar-refractivity contribution in [2.45, 2.75) is 97.4 Å². The topological polar surface area (TPSA) is 15.7 Å². The predicted octanol–water partition coefficient (Wildman–Crippen LogP) is 4.06. The molecule has 2 heterocycles. The van der Waals surface area contributed by atoms with Crippen LogP contribution in [0.1, 0.15) is 61.8 Å². The number of likely N-dealkylation sites (tertiary alicyclic amines) is 1. The highest BCUT2D eigenvalue weighted by molar-refractivity contribution is 4.90. The van der Waals surface area contributed by atoms with Gasteiger partial charge in [-0.15, -0.1) is 0 Å². The van der Waals surface area contributed by atoms with Crippen LogP contribution in [-0.2, 0) is 4.74 Å². The number of hydrogen-bond acceptors (Lipinski definition) is 3. The molecule has 2 unspecified atom stereocenters. The van der Waals surface area contributed by atoms with Crippen LogP contribution < -0.4 is 0 Å². The summed E-state index contributed by atoms with van der Waals surface area (Å²) in [6.45, 7) is 20.0.